The zero-order chi connectivity index (χ0) is 23.0. The van der Waals surface area contributed by atoms with Crippen molar-refractivity contribution in [3.8, 4) is 11.5 Å². The molecule has 10 heteroatoms. The molecule has 1 unspecified atom stereocenters. The van der Waals surface area contributed by atoms with Crippen molar-refractivity contribution < 1.29 is 28.7 Å². The maximum Gasteiger partial charge on any atom is 0.338 e. The average Bonchev–Trinajstić information content (AvgIpc) is 2.73. The number of amides is 2. The monoisotopic (exact) mass is 435 g/mol. The van der Waals surface area contributed by atoms with E-state index in [1.165, 1.54) is 6.07 Å². The van der Waals surface area contributed by atoms with Crippen LogP contribution in [0.5, 0.6) is 11.5 Å². The Bertz CT molecular complexity index is 867. The molecule has 1 heterocycles. The number of hydrogen-bond acceptors (Lipinski definition) is 7. The van der Waals surface area contributed by atoms with Crippen molar-refractivity contribution in [1.82, 2.24) is 10.6 Å². The fourth-order valence-corrected chi connectivity index (χ4v) is 3.33. The lowest BCUT2D eigenvalue weighted by Gasteiger charge is -2.29. The van der Waals surface area contributed by atoms with Gasteiger partial charge in [0.25, 0.3) is 0 Å². The van der Waals surface area contributed by atoms with Crippen molar-refractivity contribution in [3.05, 3.63) is 39.1 Å². The maximum absolute atomic E-state index is 12.8. The van der Waals surface area contributed by atoms with Gasteiger partial charge in [-0.2, -0.15) is 0 Å². The van der Waals surface area contributed by atoms with Crippen molar-refractivity contribution in [2.45, 2.75) is 53.0 Å². The van der Waals surface area contributed by atoms with Crippen LogP contribution in [0.3, 0.4) is 0 Å². The second-order valence-corrected chi connectivity index (χ2v) is 6.74. The van der Waals surface area contributed by atoms with Gasteiger partial charge in [-0.05, 0) is 45.2 Å². The van der Waals surface area contributed by atoms with Gasteiger partial charge >= 0.3 is 17.7 Å². The molecule has 1 aliphatic heterocycles. The molecule has 0 fully saturated rings. The predicted octanol–water partition coefficient (Wildman–Crippen LogP) is 3.75. The van der Waals surface area contributed by atoms with E-state index in [2.05, 4.69) is 10.6 Å². The van der Waals surface area contributed by atoms with Gasteiger partial charge < -0.3 is 24.8 Å². The molecule has 10 nitrogen and oxygen atoms in total. The Hall–Kier alpha value is -3.30. The summed E-state index contributed by atoms with van der Waals surface area (Å²) in [5, 5.41) is 17.1. The molecule has 1 aromatic rings. The van der Waals surface area contributed by atoms with Gasteiger partial charge in [-0.25, -0.2) is 9.59 Å². The summed E-state index contributed by atoms with van der Waals surface area (Å²) in [6.45, 7) is 7.74. The Kier molecular flexibility index (Phi) is 8.65. The van der Waals surface area contributed by atoms with E-state index in [1.54, 1.807) is 26.8 Å². The van der Waals surface area contributed by atoms with Crippen molar-refractivity contribution >= 4 is 17.7 Å². The van der Waals surface area contributed by atoms with Crippen LogP contribution in [0.4, 0.5) is 10.5 Å². The van der Waals surface area contributed by atoms with Gasteiger partial charge in [-0.15, -0.1) is 0 Å². The fourth-order valence-electron chi connectivity index (χ4n) is 3.33. The molecule has 1 atom stereocenters. The van der Waals surface area contributed by atoms with Crippen molar-refractivity contribution in [3.63, 3.8) is 0 Å². The van der Waals surface area contributed by atoms with Gasteiger partial charge in [0.15, 0.2) is 5.75 Å². The van der Waals surface area contributed by atoms with Crippen molar-refractivity contribution in [2.75, 3.05) is 19.8 Å². The zero-order valence-electron chi connectivity index (χ0n) is 18.3. The van der Waals surface area contributed by atoms with Crippen LogP contribution in [-0.4, -0.2) is 36.7 Å². The number of nitrogens with zero attached hydrogens (tertiary/aromatic N) is 1. The number of nitrogens with one attached hydrogen (secondary N) is 2. The highest BCUT2D eigenvalue weighted by Gasteiger charge is 2.35. The number of allylic oxidation sites excluding steroid dienone is 1. The lowest BCUT2D eigenvalue weighted by atomic mass is 9.92. The first-order valence-corrected chi connectivity index (χ1v) is 10.4. The van der Waals surface area contributed by atoms with Gasteiger partial charge in [-0.3, -0.25) is 10.1 Å². The second-order valence-electron chi connectivity index (χ2n) is 6.74. The summed E-state index contributed by atoms with van der Waals surface area (Å²) in [4.78, 5) is 36.3. The Labute approximate surface area is 181 Å². The summed E-state index contributed by atoms with van der Waals surface area (Å²) in [5.74, 6) is -0.425. The normalized spacial score (nSPS) is 15.7. The molecule has 2 rings (SSSR count). The van der Waals surface area contributed by atoms with E-state index in [-0.39, 0.29) is 42.6 Å². The van der Waals surface area contributed by atoms with Gasteiger partial charge in [0.1, 0.15) is 0 Å². The summed E-state index contributed by atoms with van der Waals surface area (Å²) in [5.41, 5.74) is 0.679. The first kappa shape index (κ1) is 24.0. The summed E-state index contributed by atoms with van der Waals surface area (Å²) >= 11 is 0. The molecule has 2 amide bonds. The number of urea groups is 1. The number of nitro groups is 1. The van der Waals surface area contributed by atoms with Crippen molar-refractivity contribution in [1.29, 1.82) is 0 Å². The highest BCUT2D eigenvalue weighted by molar-refractivity contribution is 5.95. The summed E-state index contributed by atoms with van der Waals surface area (Å²) in [6.07, 6.45) is 2.07. The van der Waals surface area contributed by atoms with E-state index in [1.807, 2.05) is 6.92 Å². The smallest absolute Gasteiger partial charge is 0.338 e. The van der Waals surface area contributed by atoms with Crippen LogP contribution in [0.25, 0.3) is 0 Å². The van der Waals surface area contributed by atoms with Gasteiger partial charge in [0.05, 0.1) is 36.4 Å². The minimum Gasteiger partial charge on any atom is -0.490 e. The van der Waals surface area contributed by atoms with Gasteiger partial charge in [0.2, 0.25) is 5.75 Å². The van der Waals surface area contributed by atoms with Crippen LogP contribution in [0.1, 0.15) is 58.6 Å². The van der Waals surface area contributed by atoms with E-state index in [9.17, 15) is 19.7 Å². The van der Waals surface area contributed by atoms with Crippen LogP contribution < -0.4 is 20.1 Å². The number of nitro benzene ring substituents is 1. The minimum atomic E-state index is -0.937. The standard InChI is InChI=1S/C21H29N3O7/c1-5-9-10-14-17(20(25)31-8-4)18(23-21(26)22-14)13-11-15(24(27)28)19(30-7-3)16(12-13)29-6-2/h11-12,18H,5-10H2,1-4H3,(H2,22,23,26). The number of hydrogen-bond donors (Lipinski definition) is 2. The number of benzene rings is 1. The largest absolute Gasteiger partial charge is 0.490 e. The lowest BCUT2D eigenvalue weighted by molar-refractivity contribution is -0.386. The highest BCUT2D eigenvalue weighted by Crippen LogP contribution is 2.42. The average molecular weight is 435 g/mol. The molecule has 31 heavy (non-hydrogen) atoms. The molecule has 0 aromatic heterocycles. The fraction of sp³-hybridized carbons (Fsp3) is 0.524. The number of esters is 1. The van der Waals surface area contributed by atoms with E-state index in [4.69, 9.17) is 14.2 Å². The summed E-state index contributed by atoms with van der Waals surface area (Å²) < 4.78 is 16.3. The van der Waals surface area contributed by atoms with Crippen LogP contribution in [0.15, 0.2) is 23.4 Å². The quantitative estimate of drug-likeness (QED) is 0.308. The third-order valence-electron chi connectivity index (χ3n) is 4.61. The third kappa shape index (κ3) is 5.65. The summed E-state index contributed by atoms with van der Waals surface area (Å²) in [6, 6.07) is 1.40. The highest BCUT2D eigenvalue weighted by atomic mass is 16.6. The summed E-state index contributed by atoms with van der Waals surface area (Å²) in [7, 11) is 0. The molecule has 0 aliphatic carbocycles. The first-order chi connectivity index (χ1) is 14.9. The predicted molar refractivity (Wildman–Crippen MR) is 113 cm³/mol. The Morgan fingerprint density at radius 3 is 2.42 bits per heavy atom. The van der Waals surface area contributed by atoms with Crippen LogP contribution >= 0.6 is 0 Å². The van der Waals surface area contributed by atoms with Crippen LogP contribution in [-0.2, 0) is 9.53 Å². The minimum absolute atomic E-state index is 0.00577. The van der Waals surface area contributed by atoms with E-state index in [0.29, 0.717) is 17.7 Å². The number of carbonyl (C=O) groups excluding carboxylic acids is 2. The molecule has 0 saturated carbocycles. The Balaban J connectivity index is 2.69. The molecule has 2 N–H and O–H groups in total. The van der Waals surface area contributed by atoms with Gasteiger partial charge in [0, 0.05) is 11.8 Å². The number of rotatable bonds is 11. The molecule has 0 spiro atoms. The number of carbonyl (C=O) groups is 2. The zero-order valence-corrected chi connectivity index (χ0v) is 18.3. The van der Waals surface area contributed by atoms with E-state index < -0.39 is 23.0 Å². The number of unbranched alkanes of at least 4 members (excludes halogenated alkanes) is 1. The van der Waals surface area contributed by atoms with Crippen molar-refractivity contribution in [2.24, 2.45) is 0 Å². The Morgan fingerprint density at radius 1 is 1.13 bits per heavy atom. The maximum atomic E-state index is 12.8. The van der Waals surface area contributed by atoms with E-state index in [0.717, 1.165) is 12.8 Å². The molecular weight excluding hydrogens is 406 g/mol. The van der Waals surface area contributed by atoms with E-state index >= 15 is 0 Å². The topological polar surface area (TPSA) is 129 Å². The molecule has 1 aromatic carbocycles. The lowest BCUT2D eigenvalue weighted by Crippen LogP contribution is -2.46. The Morgan fingerprint density at radius 2 is 1.84 bits per heavy atom. The molecule has 0 radical (unpaired) electrons. The molecule has 1 aliphatic rings. The third-order valence-corrected chi connectivity index (χ3v) is 4.61. The molecule has 170 valence electrons. The SMILES string of the molecule is CCCCC1=C(C(=O)OCC)C(c2cc(OCC)c(OCC)c([N+](=O)[O-])c2)NC(=O)N1. The van der Waals surface area contributed by atoms with Crippen LogP contribution in [0, 0.1) is 10.1 Å². The second kappa shape index (κ2) is 11.2. The first-order valence-electron chi connectivity index (χ1n) is 10.4. The number of ether oxygens (including phenoxy) is 3. The molecule has 0 bridgehead atoms. The molecular formula is C21H29N3O7. The molecule has 0 saturated heterocycles. The van der Waals surface area contributed by atoms with Gasteiger partial charge in [-0.1, -0.05) is 13.3 Å². The van der Waals surface area contributed by atoms with Crippen LogP contribution in [0.2, 0.25) is 0 Å².